The lowest BCUT2D eigenvalue weighted by Gasteiger charge is -2.05. The van der Waals surface area contributed by atoms with Crippen LogP contribution >= 0.6 is 11.9 Å². The molecule has 0 atom stereocenters. The van der Waals surface area contributed by atoms with Crippen LogP contribution in [0.4, 0.5) is 0 Å². The highest BCUT2D eigenvalue weighted by Crippen LogP contribution is 2.24. The van der Waals surface area contributed by atoms with Crippen LogP contribution in [0.1, 0.15) is 10.4 Å². The second-order valence-corrected chi connectivity index (χ2v) is 3.98. The van der Waals surface area contributed by atoms with Gasteiger partial charge in [0.2, 0.25) is 0 Å². The number of hydrogen-bond donors (Lipinski definition) is 1. The lowest BCUT2D eigenvalue weighted by molar-refractivity contribution is 0.0693. The minimum Gasteiger partial charge on any atom is -0.478 e. The van der Waals surface area contributed by atoms with Crippen LogP contribution in [0.25, 0.3) is 0 Å². The van der Waals surface area contributed by atoms with Crippen LogP contribution in [0.3, 0.4) is 0 Å². The summed E-state index contributed by atoms with van der Waals surface area (Å²) >= 11 is 1.39. The minimum absolute atomic E-state index is 0.330. The van der Waals surface area contributed by atoms with Gasteiger partial charge in [0.1, 0.15) is 0 Å². The monoisotopic (exact) mass is 219 g/mol. The molecular weight excluding hydrogens is 210 g/mol. The summed E-state index contributed by atoms with van der Waals surface area (Å²) in [4.78, 5) is 11.7. The van der Waals surface area contributed by atoms with Gasteiger partial charge in [-0.1, -0.05) is 12.1 Å². The van der Waals surface area contributed by atoms with Crippen molar-refractivity contribution in [2.24, 2.45) is 0 Å². The highest BCUT2D eigenvalue weighted by atomic mass is 32.2. The van der Waals surface area contributed by atoms with Crippen molar-refractivity contribution in [1.29, 1.82) is 0 Å². The number of benzene rings is 1. The smallest absolute Gasteiger partial charge is 0.336 e. The standard InChI is InChI=1S/C11H9NO2S/c13-11(14)9-5-1-2-6-10(9)15-12-7-3-4-8-12/h1-8H,(H,13,14). The van der Waals surface area contributed by atoms with E-state index >= 15 is 0 Å². The van der Waals surface area contributed by atoms with Gasteiger partial charge in [0.05, 0.1) is 5.56 Å². The molecule has 0 radical (unpaired) electrons. The van der Waals surface area contributed by atoms with Gasteiger partial charge < -0.3 is 5.11 Å². The maximum atomic E-state index is 10.9. The number of carboxylic acids is 1. The Balaban J connectivity index is 2.32. The van der Waals surface area contributed by atoms with E-state index < -0.39 is 5.97 Å². The average Bonchev–Trinajstić information content (AvgIpc) is 2.71. The predicted molar refractivity (Wildman–Crippen MR) is 59.1 cm³/mol. The van der Waals surface area contributed by atoms with Crippen molar-refractivity contribution >= 4 is 17.9 Å². The summed E-state index contributed by atoms with van der Waals surface area (Å²) in [6, 6.07) is 10.8. The third kappa shape index (κ3) is 2.22. The highest BCUT2D eigenvalue weighted by molar-refractivity contribution is 7.97. The zero-order valence-corrected chi connectivity index (χ0v) is 8.65. The second-order valence-electron chi connectivity index (χ2n) is 2.94. The van der Waals surface area contributed by atoms with E-state index in [9.17, 15) is 4.79 Å². The molecule has 1 aromatic heterocycles. The van der Waals surface area contributed by atoms with E-state index in [2.05, 4.69) is 0 Å². The highest BCUT2D eigenvalue weighted by Gasteiger charge is 2.09. The van der Waals surface area contributed by atoms with Crippen molar-refractivity contribution in [3.8, 4) is 0 Å². The molecular formula is C11H9NO2S. The van der Waals surface area contributed by atoms with Crippen LogP contribution < -0.4 is 0 Å². The fourth-order valence-corrected chi connectivity index (χ4v) is 2.10. The van der Waals surface area contributed by atoms with E-state index in [4.69, 9.17) is 5.11 Å². The number of rotatable bonds is 3. The molecule has 1 aromatic carbocycles. The van der Waals surface area contributed by atoms with Crippen LogP contribution in [-0.4, -0.2) is 15.0 Å². The Labute approximate surface area is 91.5 Å². The Morgan fingerprint density at radius 1 is 1.13 bits per heavy atom. The van der Waals surface area contributed by atoms with Gasteiger partial charge in [0.15, 0.2) is 0 Å². The van der Waals surface area contributed by atoms with Gasteiger partial charge in [-0.25, -0.2) is 4.79 Å². The summed E-state index contributed by atoms with van der Waals surface area (Å²) in [6.45, 7) is 0. The SMILES string of the molecule is O=C(O)c1ccccc1Sn1cccc1. The third-order valence-corrected chi connectivity index (χ3v) is 2.91. The molecule has 15 heavy (non-hydrogen) atoms. The van der Waals surface area contributed by atoms with E-state index in [1.54, 1.807) is 18.2 Å². The Morgan fingerprint density at radius 3 is 2.47 bits per heavy atom. The molecule has 1 heterocycles. The quantitative estimate of drug-likeness (QED) is 0.863. The van der Waals surface area contributed by atoms with Gasteiger partial charge in [-0.3, -0.25) is 3.97 Å². The molecule has 4 heteroatoms. The zero-order chi connectivity index (χ0) is 10.7. The summed E-state index contributed by atoms with van der Waals surface area (Å²) in [5.74, 6) is -0.898. The molecule has 0 aliphatic heterocycles. The Bertz CT molecular complexity index is 465. The number of nitrogens with zero attached hydrogens (tertiary/aromatic N) is 1. The number of carboxylic acid groups (broad SMARTS) is 1. The van der Waals surface area contributed by atoms with Crippen molar-refractivity contribution in [3.63, 3.8) is 0 Å². The molecule has 0 unspecified atom stereocenters. The molecule has 0 saturated carbocycles. The Hall–Kier alpha value is -1.68. The van der Waals surface area contributed by atoms with Gasteiger partial charge in [0.25, 0.3) is 0 Å². The molecule has 0 bridgehead atoms. The summed E-state index contributed by atoms with van der Waals surface area (Å²) in [5, 5.41) is 8.97. The van der Waals surface area contributed by atoms with E-state index in [1.165, 1.54) is 11.9 Å². The van der Waals surface area contributed by atoms with E-state index in [-0.39, 0.29) is 0 Å². The maximum absolute atomic E-state index is 10.9. The lowest BCUT2D eigenvalue weighted by atomic mass is 10.2. The number of hydrogen-bond acceptors (Lipinski definition) is 2. The van der Waals surface area contributed by atoms with Gasteiger partial charge in [-0.2, -0.15) is 0 Å². The molecule has 0 aliphatic carbocycles. The number of aromatic carboxylic acids is 1. The molecule has 0 spiro atoms. The summed E-state index contributed by atoms with van der Waals surface area (Å²) in [7, 11) is 0. The first-order valence-electron chi connectivity index (χ1n) is 4.41. The topological polar surface area (TPSA) is 42.2 Å². The average molecular weight is 219 g/mol. The number of carbonyl (C=O) groups is 1. The van der Waals surface area contributed by atoms with Crippen LogP contribution in [0.2, 0.25) is 0 Å². The van der Waals surface area contributed by atoms with Gasteiger partial charge in [-0.05, 0) is 36.2 Å². The molecule has 0 amide bonds. The first-order valence-corrected chi connectivity index (χ1v) is 5.18. The molecule has 1 N–H and O–H groups in total. The van der Waals surface area contributed by atoms with Crippen molar-refractivity contribution < 1.29 is 9.90 Å². The molecule has 0 fully saturated rings. The fourth-order valence-electron chi connectivity index (χ4n) is 1.22. The third-order valence-electron chi connectivity index (χ3n) is 1.90. The molecule has 2 rings (SSSR count). The van der Waals surface area contributed by atoms with Crippen LogP contribution in [0.5, 0.6) is 0 Å². The van der Waals surface area contributed by atoms with Crippen LogP contribution in [0.15, 0.2) is 53.7 Å². The normalized spacial score (nSPS) is 10.1. The van der Waals surface area contributed by atoms with Crippen LogP contribution in [0, 0.1) is 0 Å². The zero-order valence-electron chi connectivity index (χ0n) is 7.83. The number of aromatic nitrogens is 1. The van der Waals surface area contributed by atoms with Gasteiger partial charge in [-0.15, -0.1) is 0 Å². The van der Waals surface area contributed by atoms with Crippen LogP contribution in [-0.2, 0) is 0 Å². The molecule has 0 aliphatic rings. The van der Waals surface area contributed by atoms with Crippen molar-refractivity contribution in [3.05, 3.63) is 54.4 Å². The van der Waals surface area contributed by atoms with Gasteiger partial charge in [0, 0.05) is 17.3 Å². The predicted octanol–water partition coefficient (Wildman–Crippen LogP) is 2.74. The Kier molecular flexibility index (Phi) is 2.78. The van der Waals surface area contributed by atoms with Crippen molar-refractivity contribution in [2.75, 3.05) is 0 Å². The summed E-state index contributed by atoms with van der Waals surface area (Å²) < 4.78 is 1.86. The maximum Gasteiger partial charge on any atom is 0.336 e. The van der Waals surface area contributed by atoms with E-state index in [1.807, 2.05) is 34.6 Å². The fraction of sp³-hybridized carbons (Fsp3) is 0. The van der Waals surface area contributed by atoms with Gasteiger partial charge >= 0.3 is 5.97 Å². The first-order chi connectivity index (χ1) is 7.27. The minimum atomic E-state index is -0.898. The van der Waals surface area contributed by atoms with Crippen molar-refractivity contribution in [1.82, 2.24) is 3.97 Å². The first kappa shape index (κ1) is 9.86. The molecule has 2 aromatic rings. The largest absolute Gasteiger partial charge is 0.478 e. The second kappa shape index (κ2) is 4.23. The van der Waals surface area contributed by atoms with Crippen molar-refractivity contribution in [2.45, 2.75) is 4.90 Å². The van der Waals surface area contributed by atoms with E-state index in [0.717, 1.165) is 4.90 Å². The van der Waals surface area contributed by atoms with E-state index in [0.29, 0.717) is 5.56 Å². The Morgan fingerprint density at radius 2 is 1.80 bits per heavy atom. The summed E-state index contributed by atoms with van der Waals surface area (Å²) in [6.07, 6.45) is 3.76. The molecule has 0 saturated heterocycles. The summed E-state index contributed by atoms with van der Waals surface area (Å²) in [5.41, 5.74) is 0.330. The molecule has 3 nitrogen and oxygen atoms in total. The lowest BCUT2D eigenvalue weighted by Crippen LogP contribution is -1.98. The molecule has 76 valence electrons.